The molecule has 3 aromatic rings. The molecule has 0 atom stereocenters. The Hall–Kier alpha value is -1.81. The number of fused-ring (bicyclic) bond motifs is 1. The fourth-order valence-corrected chi connectivity index (χ4v) is 2.62. The average Bonchev–Trinajstić information content (AvgIpc) is 2.91. The number of thiophene rings is 1. The molecular weight excluding hydrogens is 230 g/mol. The van der Waals surface area contributed by atoms with E-state index >= 15 is 0 Å². The molecule has 0 amide bonds. The van der Waals surface area contributed by atoms with Gasteiger partial charge in [-0.3, -0.25) is 0 Å². The largest absolute Gasteiger partial charge is 0.351 e. The van der Waals surface area contributed by atoms with Crippen LogP contribution in [0.25, 0.3) is 11.0 Å². The van der Waals surface area contributed by atoms with Gasteiger partial charge >= 0.3 is 0 Å². The van der Waals surface area contributed by atoms with Gasteiger partial charge in [-0.05, 0) is 31.2 Å². The van der Waals surface area contributed by atoms with Crippen molar-refractivity contribution >= 4 is 28.3 Å². The van der Waals surface area contributed by atoms with E-state index in [2.05, 4.69) is 34.3 Å². The quantitative estimate of drug-likeness (QED) is 0.738. The third-order valence-corrected chi connectivity index (χ3v) is 3.62. The van der Waals surface area contributed by atoms with Crippen molar-refractivity contribution in [1.82, 2.24) is 9.97 Å². The molecule has 0 saturated carbocycles. The molecule has 0 aliphatic carbocycles. The number of imidazole rings is 1. The zero-order valence-corrected chi connectivity index (χ0v) is 10.3. The highest BCUT2D eigenvalue weighted by Gasteiger charge is 2.02. The number of nitrogens with one attached hydrogen (secondary N) is 2. The number of hydrogen-bond donors (Lipinski definition) is 2. The Bertz CT molecular complexity index is 606. The van der Waals surface area contributed by atoms with Gasteiger partial charge in [0, 0.05) is 9.75 Å². The highest BCUT2D eigenvalue weighted by atomic mass is 32.1. The highest BCUT2D eigenvalue weighted by Crippen LogP contribution is 2.17. The van der Waals surface area contributed by atoms with Crippen molar-refractivity contribution in [2.24, 2.45) is 0 Å². The van der Waals surface area contributed by atoms with Gasteiger partial charge in [0.15, 0.2) is 0 Å². The Labute approximate surface area is 104 Å². The zero-order chi connectivity index (χ0) is 11.7. The molecule has 0 fully saturated rings. The SMILES string of the molecule is Cc1ccc(CNc2nc3ccccc3[nH]2)s1. The van der Waals surface area contributed by atoms with Crippen LogP contribution in [-0.4, -0.2) is 9.97 Å². The van der Waals surface area contributed by atoms with Crippen LogP contribution in [0.15, 0.2) is 36.4 Å². The van der Waals surface area contributed by atoms with E-state index in [0.29, 0.717) is 0 Å². The van der Waals surface area contributed by atoms with Gasteiger partial charge in [-0.15, -0.1) is 11.3 Å². The minimum atomic E-state index is 0.818. The summed E-state index contributed by atoms with van der Waals surface area (Å²) in [5, 5.41) is 3.31. The summed E-state index contributed by atoms with van der Waals surface area (Å²) in [6, 6.07) is 12.3. The van der Waals surface area contributed by atoms with E-state index in [4.69, 9.17) is 0 Å². The first-order valence-corrected chi connectivity index (χ1v) is 6.37. The van der Waals surface area contributed by atoms with Crippen LogP contribution in [-0.2, 0) is 6.54 Å². The molecule has 0 unspecified atom stereocenters. The lowest BCUT2D eigenvalue weighted by atomic mass is 10.3. The minimum absolute atomic E-state index is 0.818. The fraction of sp³-hybridized carbons (Fsp3) is 0.154. The lowest BCUT2D eigenvalue weighted by Gasteiger charge is -1.98. The predicted octanol–water partition coefficient (Wildman–Crippen LogP) is 3.54. The first-order valence-electron chi connectivity index (χ1n) is 5.55. The number of hydrogen-bond acceptors (Lipinski definition) is 3. The number of benzene rings is 1. The number of aromatic amines is 1. The molecule has 86 valence electrons. The van der Waals surface area contributed by atoms with Crippen LogP contribution in [0.3, 0.4) is 0 Å². The molecule has 0 aliphatic rings. The minimum Gasteiger partial charge on any atom is -0.351 e. The number of aryl methyl sites for hydroxylation is 1. The Kier molecular flexibility index (Phi) is 2.57. The average molecular weight is 243 g/mol. The molecular formula is C13H13N3S. The predicted molar refractivity (Wildman–Crippen MR) is 72.5 cm³/mol. The van der Waals surface area contributed by atoms with E-state index < -0.39 is 0 Å². The molecule has 1 aromatic carbocycles. The topological polar surface area (TPSA) is 40.7 Å². The van der Waals surface area contributed by atoms with Crippen LogP contribution >= 0.6 is 11.3 Å². The third kappa shape index (κ3) is 2.17. The van der Waals surface area contributed by atoms with Gasteiger partial charge in [-0.2, -0.15) is 0 Å². The number of rotatable bonds is 3. The van der Waals surface area contributed by atoms with Gasteiger partial charge in [-0.25, -0.2) is 4.98 Å². The van der Waals surface area contributed by atoms with Crippen molar-refractivity contribution in [3.8, 4) is 0 Å². The summed E-state index contributed by atoms with van der Waals surface area (Å²) < 4.78 is 0. The molecule has 0 saturated heterocycles. The van der Waals surface area contributed by atoms with E-state index in [1.54, 1.807) is 0 Å². The lowest BCUT2D eigenvalue weighted by molar-refractivity contribution is 1.13. The van der Waals surface area contributed by atoms with E-state index in [1.165, 1.54) is 9.75 Å². The monoisotopic (exact) mass is 243 g/mol. The standard InChI is InChI=1S/C13H13N3S/c1-9-6-7-10(17-9)8-14-13-15-11-4-2-3-5-12(11)16-13/h2-7H,8H2,1H3,(H2,14,15,16). The summed E-state index contributed by atoms with van der Waals surface area (Å²) in [5.74, 6) is 0.831. The van der Waals surface area contributed by atoms with Crippen LogP contribution in [0.5, 0.6) is 0 Å². The summed E-state index contributed by atoms with van der Waals surface area (Å²) in [4.78, 5) is 10.4. The second kappa shape index (κ2) is 4.22. The van der Waals surface area contributed by atoms with Crippen molar-refractivity contribution in [2.75, 3.05) is 5.32 Å². The van der Waals surface area contributed by atoms with Gasteiger partial charge in [0.05, 0.1) is 17.6 Å². The summed E-state index contributed by atoms with van der Waals surface area (Å²) >= 11 is 1.81. The maximum Gasteiger partial charge on any atom is 0.201 e. The fourth-order valence-electron chi connectivity index (χ4n) is 1.79. The molecule has 2 heterocycles. The number of anilines is 1. The van der Waals surface area contributed by atoms with Gasteiger partial charge < -0.3 is 10.3 Å². The molecule has 2 N–H and O–H groups in total. The summed E-state index contributed by atoms with van der Waals surface area (Å²) in [6.07, 6.45) is 0. The van der Waals surface area contributed by atoms with Crippen LogP contribution in [0, 0.1) is 6.92 Å². The normalized spacial score (nSPS) is 10.9. The molecule has 17 heavy (non-hydrogen) atoms. The van der Waals surface area contributed by atoms with Crippen molar-refractivity contribution in [3.05, 3.63) is 46.2 Å². The Morgan fingerprint density at radius 3 is 2.88 bits per heavy atom. The van der Waals surface area contributed by atoms with Crippen LogP contribution in [0.2, 0.25) is 0 Å². The van der Waals surface area contributed by atoms with Crippen molar-refractivity contribution < 1.29 is 0 Å². The Balaban J connectivity index is 1.76. The van der Waals surface area contributed by atoms with Gasteiger partial charge in [-0.1, -0.05) is 12.1 Å². The number of para-hydroxylation sites is 2. The molecule has 4 heteroatoms. The first-order chi connectivity index (χ1) is 8.31. The molecule has 0 aliphatic heterocycles. The molecule has 3 rings (SSSR count). The highest BCUT2D eigenvalue weighted by molar-refractivity contribution is 7.11. The van der Waals surface area contributed by atoms with E-state index in [9.17, 15) is 0 Å². The first kappa shape index (κ1) is 10.4. The number of nitrogens with zero attached hydrogens (tertiary/aromatic N) is 1. The summed E-state index contributed by atoms with van der Waals surface area (Å²) in [7, 11) is 0. The maximum absolute atomic E-state index is 4.47. The van der Waals surface area contributed by atoms with Gasteiger partial charge in [0.1, 0.15) is 0 Å². The van der Waals surface area contributed by atoms with Crippen molar-refractivity contribution in [1.29, 1.82) is 0 Å². The van der Waals surface area contributed by atoms with E-state index in [-0.39, 0.29) is 0 Å². The van der Waals surface area contributed by atoms with Crippen molar-refractivity contribution in [2.45, 2.75) is 13.5 Å². The lowest BCUT2D eigenvalue weighted by Crippen LogP contribution is -1.98. The molecule has 0 radical (unpaired) electrons. The summed E-state index contributed by atoms with van der Waals surface area (Å²) in [6.45, 7) is 2.94. The van der Waals surface area contributed by atoms with E-state index in [0.717, 1.165) is 23.5 Å². The smallest absolute Gasteiger partial charge is 0.201 e. The second-order valence-electron chi connectivity index (χ2n) is 3.97. The Morgan fingerprint density at radius 1 is 1.24 bits per heavy atom. The van der Waals surface area contributed by atoms with Crippen LogP contribution in [0.4, 0.5) is 5.95 Å². The van der Waals surface area contributed by atoms with Crippen molar-refractivity contribution in [3.63, 3.8) is 0 Å². The van der Waals surface area contributed by atoms with Gasteiger partial charge in [0.2, 0.25) is 5.95 Å². The van der Waals surface area contributed by atoms with Crippen LogP contribution in [0.1, 0.15) is 9.75 Å². The molecule has 0 spiro atoms. The number of H-pyrrole nitrogens is 1. The molecule has 3 nitrogen and oxygen atoms in total. The van der Waals surface area contributed by atoms with Crippen LogP contribution < -0.4 is 5.32 Å². The Morgan fingerprint density at radius 2 is 2.12 bits per heavy atom. The summed E-state index contributed by atoms with van der Waals surface area (Å²) in [5.41, 5.74) is 2.06. The number of aromatic nitrogens is 2. The second-order valence-corrected chi connectivity index (χ2v) is 5.34. The zero-order valence-electron chi connectivity index (χ0n) is 9.53. The van der Waals surface area contributed by atoms with Gasteiger partial charge in [0.25, 0.3) is 0 Å². The third-order valence-electron chi connectivity index (χ3n) is 2.62. The van der Waals surface area contributed by atoms with E-state index in [1.807, 2.05) is 35.6 Å². The molecule has 2 aromatic heterocycles. The molecule has 0 bridgehead atoms. The maximum atomic E-state index is 4.47.